The van der Waals surface area contributed by atoms with Crippen LogP contribution >= 0.6 is 0 Å². The molecular weight excluding hydrogens is 230 g/mol. The standard InChI is InChI=1S/C14H27NO3/c1-12-14(5-8-17-12,11-15-6-9-16-2)10-13-4-3-7-18-13/h12-13,15H,3-11H2,1-2H3. The van der Waals surface area contributed by atoms with Crippen molar-refractivity contribution in [2.24, 2.45) is 5.41 Å². The maximum Gasteiger partial charge on any atom is 0.0617 e. The van der Waals surface area contributed by atoms with E-state index in [4.69, 9.17) is 14.2 Å². The highest BCUT2D eigenvalue weighted by atomic mass is 16.5. The third kappa shape index (κ3) is 3.44. The van der Waals surface area contributed by atoms with E-state index in [-0.39, 0.29) is 5.41 Å². The second-order valence-corrected chi connectivity index (χ2v) is 5.63. The molecule has 0 aromatic carbocycles. The first-order valence-corrected chi connectivity index (χ1v) is 7.20. The van der Waals surface area contributed by atoms with Gasteiger partial charge < -0.3 is 19.5 Å². The number of rotatable bonds is 7. The predicted molar refractivity (Wildman–Crippen MR) is 70.8 cm³/mol. The Bertz CT molecular complexity index is 243. The van der Waals surface area contributed by atoms with Crippen molar-refractivity contribution in [1.82, 2.24) is 5.32 Å². The Morgan fingerprint density at radius 1 is 1.33 bits per heavy atom. The molecule has 2 rings (SSSR count). The molecule has 0 amide bonds. The van der Waals surface area contributed by atoms with E-state index in [1.165, 1.54) is 12.8 Å². The minimum Gasteiger partial charge on any atom is -0.383 e. The normalized spacial score (nSPS) is 36.3. The lowest BCUT2D eigenvalue weighted by Crippen LogP contribution is -2.42. The molecule has 3 unspecified atom stereocenters. The zero-order chi connectivity index (χ0) is 12.8. The van der Waals surface area contributed by atoms with Crippen LogP contribution in [0.15, 0.2) is 0 Å². The molecule has 0 spiro atoms. The quantitative estimate of drug-likeness (QED) is 0.703. The Labute approximate surface area is 110 Å². The lowest BCUT2D eigenvalue weighted by atomic mass is 9.76. The van der Waals surface area contributed by atoms with Crippen molar-refractivity contribution < 1.29 is 14.2 Å². The van der Waals surface area contributed by atoms with Crippen LogP contribution in [0.3, 0.4) is 0 Å². The fraction of sp³-hybridized carbons (Fsp3) is 1.00. The van der Waals surface area contributed by atoms with Crippen molar-refractivity contribution in [2.45, 2.75) is 44.8 Å². The van der Waals surface area contributed by atoms with Gasteiger partial charge in [0.2, 0.25) is 0 Å². The maximum absolute atomic E-state index is 5.81. The summed E-state index contributed by atoms with van der Waals surface area (Å²) in [6, 6.07) is 0. The Morgan fingerprint density at radius 3 is 2.83 bits per heavy atom. The van der Waals surface area contributed by atoms with Gasteiger partial charge in [-0.25, -0.2) is 0 Å². The second-order valence-electron chi connectivity index (χ2n) is 5.63. The van der Waals surface area contributed by atoms with E-state index < -0.39 is 0 Å². The lowest BCUT2D eigenvalue weighted by molar-refractivity contribution is 0.0143. The van der Waals surface area contributed by atoms with Crippen molar-refractivity contribution in [3.05, 3.63) is 0 Å². The van der Waals surface area contributed by atoms with Crippen molar-refractivity contribution in [3.63, 3.8) is 0 Å². The third-order valence-corrected chi connectivity index (χ3v) is 4.45. The van der Waals surface area contributed by atoms with Crippen LogP contribution in [-0.2, 0) is 14.2 Å². The summed E-state index contributed by atoms with van der Waals surface area (Å²) in [4.78, 5) is 0. The van der Waals surface area contributed by atoms with E-state index in [2.05, 4.69) is 12.2 Å². The molecule has 2 fully saturated rings. The summed E-state index contributed by atoms with van der Waals surface area (Å²) in [7, 11) is 1.74. The summed E-state index contributed by atoms with van der Waals surface area (Å²) < 4.78 is 16.7. The molecule has 2 heterocycles. The average Bonchev–Trinajstić information content (AvgIpc) is 2.97. The van der Waals surface area contributed by atoms with Crippen LogP contribution in [0.5, 0.6) is 0 Å². The third-order valence-electron chi connectivity index (χ3n) is 4.45. The predicted octanol–water partition coefficient (Wildman–Crippen LogP) is 1.59. The first-order chi connectivity index (χ1) is 8.77. The SMILES string of the molecule is COCCNCC1(CC2CCCO2)CCOC1C. The summed E-state index contributed by atoms with van der Waals surface area (Å²) in [6.07, 6.45) is 5.48. The molecule has 2 aliphatic heterocycles. The van der Waals surface area contributed by atoms with Gasteiger partial charge in [0.25, 0.3) is 0 Å². The van der Waals surface area contributed by atoms with E-state index in [1.54, 1.807) is 7.11 Å². The Kier molecular flexibility index (Phi) is 5.42. The molecule has 4 heteroatoms. The average molecular weight is 257 g/mol. The van der Waals surface area contributed by atoms with Crippen molar-refractivity contribution in [1.29, 1.82) is 0 Å². The second kappa shape index (κ2) is 6.85. The van der Waals surface area contributed by atoms with E-state index in [1.807, 2.05) is 0 Å². The van der Waals surface area contributed by atoms with E-state index in [9.17, 15) is 0 Å². The van der Waals surface area contributed by atoms with Gasteiger partial charge in [0, 0.05) is 38.8 Å². The molecule has 18 heavy (non-hydrogen) atoms. The highest BCUT2D eigenvalue weighted by Gasteiger charge is 2.43. The smallest absolute Gasteiger partial charge is 0.0617 e. The molecule has 0 aliphatic carbocycles. The van der Waals surface area contributed by atoms with E-state index >= 15 is 0 Å². The number of hydrogen-bond acceptors (Lipinski definition) is 4. The van der Waals surface area contributed by atoms with Gasteiger partial charge in [0.1, 0.15) is 0 Å². The Hall–Kier alpha value is -0.160. The number of nitrogens with one attached hydrogen (secondary N) is 1. The van der Waals surface area contributed by atoms with Crippen LogP contribution in [0.2, 0.25) is 0 Å². The molecule has 0 saturated carbocycles. The molecule has 106 valence electrons. The molecule has 0 aromatic rings. The zero-order valence-corrected chi connectivity index (χ0v) is 11.7. The van der Waals surface area contributed by atoms with Crippen molar-refractivity contribution in [2.75, 3.05) is 40.0 Å². The largest absolute Gasteiger partial charge is 0.383 e. The zero-order valence-electron chi connectivity index (χ0n) is 11.7. The molecule has 2 saturated heterocycles. The van der Waals surface area contributed by atoms with Crippen LogP contribution in [0.25, 0.3) is 0 Å². The molecular formula is C14H27NO3. The van der Waals surface area contributed by atoms with E-state index in [0.717, 1.165) is 45.8 Å². The number of methoxy groups -OCH3 is 1. The van der Waals surface area contributed by atoms with Gasteiger partial charge in [-0.05, 0) is 32.6 Å². The minimum absolute atomic E-state index is 0.253. The molecule has 0 bridgehead atoms. The summed E-state index contributed by atoms with van der Waals surface area (Å²) >= 11 is 0. The monoisotopic (exact) mass is 257 g/mol. The maximum atomic E-state index is 5.81. The summed E-state index contributed by atoms with van der Waals surface area (Å²) in [5, 5.41) is 3.51. The first-order valence-electron chi connectivity index (χ1n) is 7.20. The fourth-order valence-corrected chi connectivity index (χ4v) is 3.16. The van der Waals surface area contributed by atoms with Gasteiger partial charge in [0.15, 0.2) is 0 Å². The van der Waals surface area contributed by atoms with Crippen LogP contribution in [0, 0.1) is 5.41 Å². The fourth-order valence-electron chi connectivity index (χ4n) is 3.16. The molecule has 2 aliphatic rings. The van der Waals surface area contributed by atoms with E-state index in [0.29, 0.717) is 12.2 Å². The molecule has 1 N–H and O–H groups in total. The van der Waals surface area contributed by atoms with Crippen molar-refractivity contribution >= 4 is 0 Å². The van der Waals surface area contributed by atoms with Crippen LogP contribution < -0.4 is 5.32 Å². The van der Waals surface area contributed by atoms with Crippen LogP contribution in [-0.4, -0.2) is 52.2 Å². The van der Waals surface area contributed by atoms with Crippen LogP contribution in [0.1, 0.15) is 32.6 Å². The lowest BCUT2D eigenvalue weighted by Gasteiger charge is -2.34. The number of ether oxygens (including phenoxy) is 3. The number of hydrogen-bond donors (Lipinski definition) is 1. The summed E-state index contributed by atoms with van der Waals surface area (Å²) in [5.41, 5.74) is 0.253. The molecule has 3 atom stereocenters. The molecule has 0 aromatic heterocycles. The topological polar surface area (TPSA) is 39.7 Å². The van der Waals surface area contributed by atoms with Gasteiger partial charge >= 0.3 is 0 Å². The van der Waals surface area contributed by atoms with Crippen molar-refractivity contribution in [3.8, 4) is 0 Å². The van der Waals surface area contributed by atoms with Gasteiger partial charge in [-0.3, -0.25) is 0 Å². The van der Waals surface area contributed by atoms with Gasteiger partial charge in [-0.15, -0.1) is 0 Å². The van der Waals surface area contributed by atoms with Gasteiger partial charge in [0.05, 0.1) is 18.8 Å². The Morgan fingerprint density at radius 2 is 2.22 bits per heavy atom. The summed E-state index contributed by atoms with van der Waals surface area (Å²) in [6.45, 7) is 6.73. The highest BCUT2D eigenvalue weighted by Crippen LogP contribution is 2.40. The van der Waals surface area contributed by atoms with Gasteiger partial charge in [-0.1, -0.05) is 0 Å². The van der Waals surface area contributed by atoms with Gasteiger partial charge in [-0.2, -0.15) is 0 Å². The Balaban J connectivity index is 1.86. The van der Waals surface area contributed by atoms with Crippen LogP contribution in [0.4, 0.5) is 0 Å². The molecule has 0 radical (unpaired) electrons. The highest BCUT2D eigenvalue weighted by molar-refractivity contribution is 4.94. The molecule has 4 nitrogen and oxygen atoms in total. The minimum atomic E-state index is 0.253. The summed E-state index contributed by atoms with van der Waals surface area (Å²) in [5.74, 6) is 0. The first kappa shape index (κ1) is 14.3.